The first kappa shape index (κ1) is 21.4. The Bertz CT molecular complexity index is 902. The third-order valence-electron chi connectivity index (χ3n) is 5.14. The van der Waals surface area contributed by atoms with Crippen LogP contribution in [-0.4, -0.2) is 39.6 Å². The molecule has 6 heteroatoms. The van der Waals surface area contributed by atoms with Gasteiger partial charge in [-0.1, -0.05) is 50.2 Å². The number of benzene rings is 2. The Morgan fingerprint density at radius 1 is 1.10 bits per heavy atom. The van der Waals surface area contributed by atoms with Crippen LogP contribution in [0, 0.1) is 0 Å². The van der Waals surface area contributed by atoms with Gasteiger partial charge in [0.15, 0.2) is 0 Å². The topological polar surface area (TPSA) is 61.0 Å². The normalized spacial score (nSPS) is 12.4. The number of nitrogens with zero attached hydrogens (tertiary/aromatic N) is 2. The first-order valence-corrected chi connectivity index (χ1v) is 11.3. The number of para-hydroxylation sites is 2. The molecule has 3 aromatic rings. The zero-order valence-corrected chi connectivity index (χ0v) is 18.3. The number of aromatic nitrogens is 2. The van der Waals surface area contributed by atoms with Crippen LogP contribution in [0.4, 0.5) is 0 Å². The molecule has 0 saturated carbocycles. The third kappa shape index (κ3) is 5.84. The third-order valence-corrected chi connectivity index (χ3v) is 6.29. The van der Waals surface area contributed by atoms with Gasteiger partial charge in [-0.3, -0.25) is 9.69 Å². The lowest BCUT2D eigenvalue weighted by molar-refractivity contribution is -0.118. The SMILES string of the molecule is CCN(CC)Cc1ccccc1CNC(=O)CSC(C)c1nc2ccccc2[nH]1. The molecule has 0 aliphatic rings. The molecule has 2 N–H and O–H groups in total. The quantitative estimate of drug-likeness (QED) is 0.516. The molecule has 0 aliphatic heterocycles. The maximum atomic E-state index is 12.4. The lowest BCUT2D eigenvalue weighted by Gasteiger charge is -2.20. The van der Waals surface area contributed by atoms with Crippen LogP contribution in [0.5, 0.6) is 0 Å². The second-order valence-electron chi connectivity index (χ2n) is 7.10. The van der Waals surface area contributed by atoms with Crippen molar-refractivity contribution in [3.63, 3.8) is 0 Å². The monoisotopic (exact) mass is 410 g/mol. The minimum absolute atomic E-state index is 0.0515. The molecule has 1 atom stereocenters. The summed E-state index contributed by atoms with van der Waals surface area (Å²) in [6.45, 7) is 9.95. The first-order valence-electron chi connectivity index (χ1n) is 10.2. The number of hydrogen-bond donors (Lipinski definition) is 2. The molecule has 1 unspecified atom stereocenters. The standard InChI is InChI=1S/C23H30N4OS/c1-4-27(5-2)15-19-11-7-6-10-18(19)14-24-22(28)16-29-17(3)23-25-20-12-8-9-13-21(20)26-23/h6-13,17H,4-5,14-16H2,1-3H3,(H,24,28)(H,25,26). The minimum Gasteiger partial charge on any atom is -0.351 e. The maximum Gasteiger partial charge on any atom is 0.230 e. The molecule has 0 radical (unpaired) electrons. The Hall–Kier alpha value is -2.31. The second kappa shape index (κ2) is 10.5. The molecule has 29 heavy (non-hydrogen) atoms. The molecule has 0 spiro atoms. The molecular formula is C23H30N4OS. The Kier molecular flexibility index (Phi) is 7.72. The molecule has 0 saturated heterocycles. The number of thioether (sulfide) groups is 1. The highest BCUT2D eigenvalue weighted by Crippen LogP contribution is 2.27. The molecule has 3 rings (SSSR count). The number of imidazole rings is 1. The summed E-state index contributed by atoms with van der Waals surface area (Å²) in [7, 11) is 0. The van der Waals surface area contributed by atoms with Crippen LogP contribution in [0.1, 0.15) is 43.0 Å². The fourth-order valence-corrected chi connectivity index (χ4v) is 4.03. The molecule has 0 aliphatic carbocycles. The maximum absolute atomic E-state index is 12.4. The number of hydrogen-bond acceptors (Lipinski definition) is 4. The van der Waals surface area contributed by atoms with E-state index < -0.39 is 0 Å². The number of H-pyrrole nitrogens is 1. The second-order valence-corrected chi connectivity index (χ2v) is 8.43. The average Bonchev–Trinajstić information content (AvgIpc) is 3.19. The average molecular weight is 411 g/mol. The van der Waals surface area contributed by atoms with Gasteiger partial charge in [-0.2, -0.15) is 0 Å². The number of carbonyl (C=O) groups excluding carboxylic acids is 1. The van der Waals surface area contributed by atoms with Crippen molar-refractivity contribution < 1.29 is 4.79 Å². The predicted molar refractivity (Wildman–Crippen MR) is 122 cm³/mol. The summed E-state index contributed by atoms with van der Waals surface area (Å²) < 4.78 is 0. The van der Waals surface area contributed by atoms with Gasteiger partial charge in [0.25, 0.3) is 0 Å². The molecule has 2 aromatic carbocycles. The summed E-state index contributed by atoms with van der Waals surface area (Å²) in [6, 6.07) is 16.3. The van der Waals surface area contributed by atoms with E-state index in [1.165, 1.54) is 11.1 Å². The van der Waals surface area contributed by atoms with Crippen LogP contribution >= 0.6 is 11.8 Å². The molecule has 0 bridgehead atoms. The smallest absolute Gasteiger partial charge is 0.230 e. The zero-order chi connectivity index (χ0) is 20.6. The van der Waals surface area contributed by atoms with Crippen LogP contribution in [0.25, 0.3) is 11.0 Å². The fourth-order valence-electron chi connectivity index (χ4n) is 3.26. The lowest BCUT2D eigenvalue weighted by atomic mass is 10.1. The van der Waals surface area contributed by atoms with Gasteiger partial charge >= 0.3 is 0 Å². The summed E-state index contributed by atoms with van der Waals surface area (Å²) in [4.78, 5) is 22.7. The van der Waals surface area contributed by atoms with Crippen molar-refractivity contribution in [1.82, 2.24) is 20.2 Å². The van der Waals surface area contributed by atoms with E-state index in [-0.39, 0.29) is 11.2 Å². The van der Waals surface area contributed by atoms with E-state index in [0.29, 0.717) is 12.3 Å². The number of nitrogens with one attached hydrogen (secondary N) is 2. The van der Waals surface area contributed by atoms with Gasteiger partial charge in [0.05, 0.1) is 22.0 Å². The zero-order valence-electron chi connectivity index (χ0n) is 17.4. The van der Waals surface area contributed by atoms with Crippen molar-refractivity contribution in [3.05, 3.63) is 65.5 Å². The number of aromatic amines is 1. The van der Waals surface area contributed by atoms with E-state index >= 15 is 0 Å². The van der Waals surface area contributed by atoms with Gasteiger partial charge in [-0.15, -0.1) is 11.8 Å². The molecule has 1 heterocycles. The Labute approximate surface area is 177 Å². The molecular weight excluding hydrogens is 380 g/mol. The van der Waals surface area contributed by atoms with E-state index in [4.69, 9.17) is 0 Å². The lowest BCUT2D eigenvalue weighted by Crippen LogP contribution is -2.27. The summed E-state index contributed by atoms with van der Waals surface area (Å²) in [5, 5.41) is 3.20. The Balaban J connectivity index is 1.51. The van der Waals surface area contributed by atoms with Gasteiger partial charge < -0.3 is 10.3 Å². The summed E-state index contributed by atoms with van der Waals surface area (Å²) >= 11 is 1.60. The number of fused-ring (bicyclic) bond motifs is 1. The van der Waals surface area contributed by atoms with Crippen molar-refractivity contribution in [2.75, 3.05) is 18.8 Å². The van der Waals surface area contributed by atoms with Gasteiger partial charge in [0.2, 0.25) is 5.91 Å². The van der Waals surface area contributed by atoms with Crippen LogP contribution < -0.4 is 5.32 Å². The van der Waals surface area contributed by atoms with Gasteiger partial charge in [-0.05, 0) is 43.3 Å². The molecule has 0 fully saturated rings. The van der Waals surface area contributed by atoms with Crippen molar-refractivity contribution in [1.29, 1.82) is 0 Å². The highest BCUT2D eigenvalue weighted by atomic mass is 32.2. The Morgan fingerprint density at radius 2 is 1.79 bits per heavy atom. The van der Waals surface area contributed by atoms with Gasteiger partial charge in [0.1, 0.15) is 5.82 Å². The molecule has 1 amide bonds. The van der Waals surface area contributed by atoms with Crippen molar-refractivity contribution in [2.45, 2.75) is 39.1 Å². The highest BCUT2D eigenvalue weighted by Gasteiger charge is 2.14. The van der Waals surface area contributed by atoms with Crippen LogP contribution in [-0.2, 0) is 17.9 Å². The van der Waals surface area contributed by atoms with E-state index in [1.807, 2.05) is 30.3 Å². The van der Waals surface area contributed by atoms with Crippen molar-refractivity contribution in [2.24, 2.45) is 0 Å². The highest BCUT2D eigenvalue weighted by molar-refractivity contribution is 8.00. The van der Waals surface area contributed by atoms with E-state index in [1.54, 1.807) is 11.8 Å². The summed E-state index contributed by atoms with van der Waals surface area (Å²) in [5.74, 6) is 1.38. The van der Waals surface area contributed by atoms with Crippen LogP contribution in [0.3, 0.4) is 0 Å². The van der Waals surface area contributed by atoms with Crippen LogP contribution in [0.15, 0.2) is 48.5 Å². The molecule has 154 valence electrons. The van der Waals surface area contributed by atoms with E-state index in [0.717, 1.165) is 36.5 Å². The summed E-state index contributed by atoms with van der Waals surface area (Å²) in [6.07, 6.45) is 0. The molecule has 1 aromatic heterocycles. The van der Waals surface area contributed by atoms with Gasteiger partial charge in [-0.25, -0.2) is 4.98 Å². The van der Waals surface area contributed by atoms with Crippen molar-refractivity contribution in [3.8, 4) is 0 Å². The number of rotatable bonds is 10. The predicted octanol–water partition coefficient (Wildman–Crippen LogP) is 4.52. The van der Waals surface area contributed by atoms with Gasteiger partial charge in [0, 0.05) is 13.1 Å². The van der Waals surface area contributed by atoms with E-state index in [2.05, 4.69) is 59.2 Å². The van der Waals surface area contributed by atoms with E-state index in [9.17, 15) is 4.79 Å². The first-order chi connectivity index (χ1) is 14.1. The number of carbonyl (C=O) groups is 1. The largest absolute Gasteiger partial charge is 0.351 e. The summed E-state index contributed by atoms with van der Waals surface area (Å²) in [5.41, 5.74) is 4.45. The van der Waals surface area contributed by atoms with Crippen LogP contribution in [0.2, 0.25) is 0 Å². The fraction of sp³-hybridized carbons (Fsp3) is 0.391. The minimum atomic E-state index is 0.0515. The van der Waals surface area contributed by atoms with Crippen molar-refractivity contribution >= 4 is 28.7 Å². The Morgan fingerprint density at radius 3 is 2.52 bits per heavy atom. The number of amides is 1. The molecule has 5 nitrogen and oxygen atoms in total.